The van der Waals surface area contributed by atoms with Crippen molar-refractivity contribution in [3.63, 3.8) is 0 Å². The Morgan fingerprint density at radius 2 is 1.16 bits per heavy atom. The standard InChI is InChI=1S/C29H33N3O5/c1-21(31-32-30)25-26(34-18-22-12-6-3-7-13-22)27(35-19-23-14-8-4-9-15-23)28(29(33-2)37-25)36-20-24-16-10-5-11-17-24/h3-17,21,25-29H,18-20H2,1-2H3/t21-,25-,26-,27+,28-,29+/m1/s1. The second kappa shape index (κ2) is 13.9. The minimum atomic E-state index is -0.748. The van der Waals surface area contributed by atoms with Crippen molar-refractivity contribution in [2.24, 2.45) is 5.11 Å². The van der Waals surface area contributed by atoms with Gasteiger partial charge in [-0.2, -0.15) is 0 Å². The van der Waals surface area contributed by atoms with E-state index in [4.69, 9.17) is 29.2 Å². The predicted octanol–water partition coefficient (Wildman–Crippen LogP) is 5.81. The van der Waals surface area contributed by atoms with Crippen LogP contribution in [-0.2, 0) is 43.5 Å². The normalized spacial score (nSPS) is 24.2. The van der Waals surface area contributed by atoms with Gasteiger partial charge in [0.05, 0.1) is 32.0 Å². The van der Waals surface area contributed by atoms with E-state index in [1.54, 1.807) is 14.0 Å². The highest BCUT2D eigenvalue weighted by Crippen LogP contribution is 2.33. The van der Waals surface area contributed by atoms with Gasteiger partial charge in [0.2, 0.25) is 0 Å². The lowest BCUT2D eigenvalue weighted by Gasteiger charge is -2.46. The van der Waals surface area contributed by atoms with E-state index in [2.05, 4.69) is 10.0 Å². The third-order valence-electron chi connectivity index (χ3n) is 6.33. The molecule has 1 aliphatic rings. The third kappa shape index (κ3) is 7.40. The smallest absolute Gasteiger partial charge is 0.186 e. The van der Waals surface area contributed by atoms with Gasteiger partial charge in [0.25, 0.3) is 0 Å². The fraction of sp³-hybridized carbons (Fsp3) is 0.379. The molecule has 3 aromatic rings. The summed E-state index contributed by atoms with van der Waals surface area (Å²) in [6.07, 6.45) is -3.10. The van der Waals surface area contributed by atoms with Gasteiger partial charge in [-0.3, -0.25) is 0 Å². The number of nitrogens with zero attached hydrogens (tertiary/aromatic N) is 3. The summed E-state index contributed by atoms with van der Waals surface area (Å²) in [6.45, 7) is 2.83. The van der Waals surface area contributed by atoms with Crippen LogP contribution in [-0.4, -0.2) is 43.9 Å². The van der Waals surface area contributed by atoms with Crippen molar-refractivity contribution in [1.29, 1.82) is 0 Å². The average Bonchev–Trinajstić information content (AvgIpc) is 2.95. The molecule has 1 saturated heterocycles. The molecule has 0 aliphatic carbocycles. The largest absolute Gasteiger partial charge is 0.368 e. The molecule has 194 valence electrons. The first-order chi connectivity index (χ1) is 18.2. The molecular weight excluding hydrogens is 470 g/mol. The fourth-order valence-electron chi connectivity index (χ4n) is 4.42. The van der Waals surface area contributed by atoms with Crippen LogP contribution in [0, 0.1) is 0 Å². The van der Waals surface area contributed by atoms with E-state index in [1.165, 1.54) is 0 Å². The highest BCUT2D eigenvalue weighted by molar-refractivity contribution is 5.16. The van der Waals surface area contributed by atoms with Gasteiger partial charge in [0.1, 0.15) is 18.3 Å². The van der Waals surface area contributed by atoms with Gasteiger partial charge in [-0.1, -0.05) is 103 Å². The van der Waals surface area contributed by atoms with Crippen molar-refractivity contribution in [3.05, 3.63) is 118 Å². The maximum atomic E-state index is 9.14. The van der Waals surface area contributed by atoms with Crippen molar-refractivity contribution in [3.8, 4) is 0 Å². The second-order valence-electron chi connectivity index (χ2n) is 8.93. The van der Waals surface area contributed by atoms with E-state index in [-0.39, 0.29) is 0 Å². The summed E-state index contributed by atoms with van der Waals surface area (Å²) in [5.74, 6) is 0. The van der Waals surface area contributed by atoms with Crippen LogP contribution in [0.1, 0.15) is 23.6 Å². The summed E-state index contributed by atoms with van der Waals surface area (Å²) in [7, 11) is 1.57. The summed E-state index contributed by atoms with van der Waals surface area (Å²) in [5, 5.41) is 3.92. The van der Waals surface area contributed by atoms with Crippen molar-refractivity contribution >= 4 is 0 Å². The fourth-order valence-corrected chi connectivity index (χ4v) is 4.42. The zero-order valence-electron chi connectivity index (χ0n) is 21.1. The van der Waals surface area contributed by atoms with E-state index in [0.29, 0.717) is 19.8 Å². The Kier molecular flexibility index (Phi) is 10.1. The summed E-state index contributed by atoms with van der Waals surface area (Å²) in [5.41, 5.74) is 12.2. The van der Waals surface area contributed by atoms with E-state index in [9.17, 15) is 0 Å². The second-order valence-corrected chi connectivity index (χ2v) is 8.93. The Hall–Kier alpha value is -3.23. The molecule has 1 heterocycles. The lowest BCUT2D eigenvalue weighted by Crippen LogP contribution is -2.62. The highest BCUT2D eigenvalue weighted by atomic mass is 16.7. The topological polar surface area (TPSA) is 94.9 Å². The van der Waals surface area contributed by atoms with Crippen molar-refractivity contribution in [2.45, 2.75) is 63.5 Å². The first-order valence-corrected chi connectivity index (χ1v) is 12.4. The van der Waals surface area contributed by atoms with Gasteiger partial charge in [0.15, 0.2) is 6.29 Å². The summed E-state index contributed by atoms with van der Waals surface area (Å²) >= 11 is 0. The molecule has 8 heteroatoms. The van der Waals surface area contributed by atoms with Crippen molar-refractivity contribution < 1.29 is 23.7 Å². The Labute approximate surface area is 217 Å². The third-order valence-corrected chi connectivity index (χ3v) is 6.33. The first kappa shape index (κ1) is 26.8. The average molecular weight is 504 g/mol. The van der Waals surface area contributed by atoms with Crippen molar-refractivity contribution in [2.75, 3.05) is 7.11 Å². The minimum Gasteiger partial charge on any atom is -0.368 e. The molecule has 1 fully saturated rings. The Morgan fingerprint density at radius 3 is 1.59 bits per heavy atom. The van der Waals surface area contributed by atoms with E-state index >= 15 is 0 Å². The van der Waals surface area contributed by atoms with Crippen LogP contribution in [0.15, 0.2) is 96.1 Å². The monoisotopic (exact) mass is 503 g/mol. The van der Waals surface area contributed by atoms with Gasteiger partial charge in [-0.15, -0.1) is 0 Å². The van der Waals surface area contributed by atoms with Crippen molar-refractivity contribution in [1.82, 2.24) is 0 Å². The number of hydrogen-bond acceptors (Lipinski definition) is 6. The first-order valence-electron chi connectivity index (χ1n) is 12.4. The molecule has 0 spiro atoms. The highest BCUT2D eigenvalue weighted by Gasteiger charge is 2.50. The zero-order chi connectivity index (χ0) is 25.9. The summed E-state index contributed by atoms with van der Waals surface area (Å²) < 4.78 is 31.4. The number of ether oxygens (including phenoxy) is 5. The molecule has 0 bridgehead atoms. The van der Waals surface area contributed by atoms with E-state index in [1.807, 2.05) is 91.0 Å². The molecule has 8 nitrogen and oxygen atoms in total. The molecule has 0 radical (unpaired) electrons. The van der Waals surface area contributed by atoms with Gasteiger partial charge in [-0.25, -0.2) is 0 Å². The van der Waals surface area contributed by atoms with Gasteiger partial charge >= 0.3 is 0 Å². The molecule has 0 unspecified atom stereocenters. The number of azide groups is 1. The molecule has 1 aliphatic heterocycles. The van der Waals surface area contributed by atoms with E-state index < -0.39 is 36.7 Å². The molecule has 3 aromatic carbocycles. The van der Waals surface area contributed by atoms with Gasteiger partial charge in [-0.05, 0) is 22.2 Å². The zero-order valence-corrected chi connectivity index (χ0v) is 21.1. The number of rotatable bonds is 12. The Bertz CT molecular complexity index is 1110. The molecule has 37 heavy (non-hydrogen) atoms. The summed E-state index contributed by atoms with van der Waals surface area (Å²) in [6, 6.07) is 29.2. The quantitative estimate of drug-likeness (QED) is 0.177. The minimum absolute atomic E-state index is 0.336. The summed E-state index contributed by atoms with van der Waals surface area (Å²) in [4.78, 5) is 3.00. The van der Waals surface area contributed by atoms with Crippen LogP contribution in [0.25, 0.3) is 10.4 Å². The van der Waals surface area contributed by atoms with Gasteiger partial charge < -0.3 is 23.7 Å². The van der Waals surface area contributed by atoms with Crippen LogP contribution in [0.3, 0.4) is 0 Å². The van der Waals surface area contributed by atoms with Crippen LogP contribution < -0.4 is 0 Å². The molecule has 4 rings (SSSR count). The lowest BCUT2D eigenvalue weighted by atomic mass is 9.94. The van der Waals surface area contributed by atoms with E-state index in [0.717, 1.165) is 16.7 Å². The number of hydrogen-bond donors (Lipinski definition) is 0. The molecule has 0 saturated carbocycles. The number of benzene rings is 3. The maximum absolute atomic E-state index is 9.14. The molecular formula is C29H33N3O5. The molecule has 0 amide bonds. The molecule has 0 aromatic heterocycles. The predicted molar refractivity (Wildman–Crippen MR) is 139 cm³/mol. The molecule has 6 atom stereocenters. The molecule has 0 N–H and O–H groups in total. The van der Waals surface area contributed by atoms with Crippen LogP contribution in [0.4, 0.5) is 0 Å². The SMILES string of the molecule is CO[C@H]1O[C@H]([C@@H](C)N=[N+]=[N-])[C@@H](OCc2ccccc2)[C@H](OCc2ccccc2)[C@H]1OCc1ccccc1. The van der Waals surface area contributed by atoms with Crippen LogP contribution >= 0.6 is 0 Å². The number of methoxy groups -OCH3 is 1. The van der Waals surface area contributed by atoms with Crippen LogP contribution in [0.5, 0.6) is 0 Å². The lowest BCUT2D eigenvalue weighted by molar-refractivity contribution is -0.319. The Morgan fingerprint density at radius 1 is 0.730 bits per heavy atom. The van der Waals surface area contributed by atoms with Crippen LogP contribution in [0.2, 0.25) is 0 Å². The Balaban J connectivity index is 1.63. The maximum Gasteiger partial charge on any atom is 0.186 e. The van der Waals surface area contributed by atoms with Gasteiger partial charge in [0, 0.05) is 12.0 Å².